The first kappa shape index (κ1) is 21.1. The lowest BCUT2D eigenvalue weighted by atomic mass is 9.86. The molecule has 3 saturated heterocycles. The molecule has 3 fully saturated rings. The zero-order valence-electron chi connectivity index (χ0n) is 19.3. The van der Waals surface area contributed by atoms with E-state index in [2.05, 4.69) is 24.8 Å². The molecule has 0 radical (unpaired) electrons. The van der Waals surface area contributed by atoms with Crippen molar-refractivity contribution in [3.63, 3.8) is 0 Å². The van der Waals surface area contributed by atoms with Crippen molar-refractivity contribution in [3.8, 4) is 17.1 Å². The van der Waals surface area contributed by atoms with Crippen LogP contribution in [-0.4, -0.2) is 60.1 Å². The van der Waals surface area contributed by atoms with Crippen molar-refractivity contribution in [2.24, 2.45) is 5.92 Å². The van der Waals surface area contributed by atoms with Crippen molar-refractivity contribution in [3.05, 3.63) is 59.8 Å². The first-order valence-corrected chi connectivity index (χ1v) is 11.7. The van der Waals surface area contributed by atoms with Gasteiger partial charge in [0.15, 0.2) is 5.65 Å². The van der Waals surface area contributed by atoms with Gasteiger partial charge in [-0.3, -0.25) is 4.90 Å². The van der Waals surface area contributed by atoms with E-state index in [1.165, 1.54) is 12.4 Å². The molecule has 3 aliphatic heterocycles. The quantitative estimate of drug-likeness (QED) is 0.451. The predicted octanol–water partition coefficient (Wildman–Crippen LogP) is 3.56. The van der Waals surface area contributed by atoms with Crippen LogP contribution in [0.5, 0.6) is 5.75 Å². The van der Waals surface area contributed by atoms with Gasteiger partial charge in [-0.15, -0.1) is 0 Å². The lowest BCUT2D eigenvalue weighted by molar-refractivity contribution is -0.00789. The Hall–Kier alpha value is -3.46. The van der Waals surface area contributed by atoms with Crippen molar-refractivity contribution in [2.75, 3.05) is 19.6 Å². The molecule has 8 nitrogen and oxygen atoms in total. The number of hydrogen-bond donors (Lipinski definition) is 0. The van der Waals surface area contributed by atoms with E-state index in [0.717, 1.165) is 43.7 Å². The maximum absolute atomic E-state index is 15.3. The van der Waals surface area contributed by atoms with Gasteiger partial charge in [-0.25, -0.2) is 29.3 Å². The number of hydrogen-bond acceptors (Lipinski definition) is 7. The molecule has 7 rings (SSSR count). The molecule has 9 heteroatoms. The zero-order valence-corrected chi connectivity index (χ0v) is 19.3. The molecule has 0 spiro atoms. The third-order valence-corrected chi connectivity index (χ3v) is 6.94. The van der Waals surface area contributed by atoms with Crippen LogP contribution in [0, 0.1) is 25.6 Å². The highest BCUT2D eigenvalue weighted by molar-refractivity contribution is 5.79. The minimum Gasteiger partial charge on any atom is -0.489 e. The number of benzene rings is 1. The lowest BCUT2D eigenvalue weighted by Gasteiger charge is -2.44. The summed E-state index contributed by atoms with van der Waals surface area (Å²) in [5.41, 5.74) is 3.40. The number of imidazole rings is 1. The van der Waals surface area contributed by atoms with Gasteiger partial charge < -0.3 is 9.30 Å². The molecular weight excluding hydrogens is 433 g/mol. The highest BCUT2D eigenvalue weighted by Gasteiger charge is 2.35. The van der Waals surface area contributed by atoms with E-state index >= 15 is 4.39 Å². The van der Waals surface area contributed by atoms with Crippen LogP contribution in [0.2, 0.25) is 0 Å². The fourth-order valence-electron chi connectivity index (χ4n) is 5.18. The van der Waals surface area contributed by atoms with Crippen molar-refractivity contribution >= 4 is 11.2 Å². The van der Waals surface area contributed by atoms with Crippen LogP contribution in [0.25, 0.3) is 22.6 Å². The van der Waals surface area contributed by atoms with Gasteiger partial charge in [0.2, 0.25) is 0 Å². The fraction of sp³-hybridized carbons (Fsp3) is 0.400. The topological polar surface area (TPSA) is 81.8 Å². The van der Waals surface area contributed by atoms with Gasteiger partial charge in [-0.05, 0) is 51.8 Å². The van der Waals surface area contributed by atoms with Crippen LogP contribution in [-0.2, 0) is 6.54 Å². The smallest absolute Gasteiger partial charge is 0.164 e. The molecule has 4 aromatic rings. The van der Waals surface area contributed by atoms with Crippen LogP contribution >= 0.6 is 0 Å². The summed E-state index contributed by atoms with van der Waals surface area (Å²) < 4.78 is 23.4. The first-order valence-electron chi connectivity index (χ1n) is 11.7. The second-order valence-electron chi connectivity index (χ2n) is 9.22. The summed E-state index contributed by atoms with van der Waals surface area (Å²) in [6.07, 6.45) is 7.32. The van der Waals surface area contributed by atoms with E-state index in [0.29, 0.717) is 40.0 Å². The van der Waals surface area contributed by atoms with Gasteiger partial charge in [-0.1, -0.05) is 6.07 Å². The first-order chi connectivity index (χ1) is 16.5. The molecular formula is C25H26FN7O. The number of aryl methyl sites for hydroxylation is 2. The monoisotopic (exact) mass is 459 g/mol. The lowest BCUT2D eigenvalue weighted by Crippen LogP contribution is -2.52. The molecule has 3 aliphatic rings. The minimum atomic E-state index is -0.307. The largest absolute Gasteiger partial charge is 0.489 e. The average Bonchev–Trinajstić information content (AvgIpc) is 3.21. The fourth-order valence-corrected chi connectivity index (χ4v) is 5.18. The van der Waals surface area contributed by atoms with Crippen LogP contribution in [0.1, 0.15) is 29.9 Å². The third kappa shape index (κ3) is 3.79. The Kier molecular flexibility index (Phi) is 5.21. The van der Waals surface area contributed by atoms with Gasteiger partial charge in [0, 0.05) is 30.6 Å². The van der Waals surface area contributed by atoms with E-state index in [1.54, 1.807) is 18.5 Å². The Balaban J connectivity index is 1.34. The van der Waals surface area contributed by atoms with E-state index in [9.17, 15) is 0 Å². The second-order valence-corrected chi connectivity index (χ2v) is 9.22. The van der Waals surface area contributed by atoms with E-state index in [1.807, 2.05) is 24.5 Å². The number of rotatable bonds is 5. The number of halogens is 1. The predicted molar refractivity (Wildman–Crippen MR) is 125 cm³/mol. The van der Waals surface area contributed by atoms with Crippen molar-refractivity contribution in [1.82, 2.24) is 34.4 Å². The summed E-state index contributed by atoms with van der Waals surface area (Å²) in [5, 5.41) is 0. The van der Waals surface area contributed by atoms with Gasteiger partial charge in [0.05, 0.1) is 17.8 Å². The summed E-state index contributed by atoms with van der Waals surface area (Å²) in [7, 11) is 0. The Morgan fingerprint density at radius 2 is 1.85 bits per heavy atom. The molecule has 1 unspecified atom stereocenters. The molecule has 0 amide bonds. The molecule has 1 atom stereocenters. The van der Waals surface area contributed by atoms with Crippen LogP contribution in [0.3, 0.4) is 0 Å². The summed E-state index contributed by atoms with van der Waals surface area (Å²) >= 11 is 0. The van der Waals surface area contributed by atoms with Gasteiger partial charge in [0.1, 0.15) is 41.2 Å². The number of ether oxygens (including phenoxy) is 1. The van der Waals surface area contributed by atoms with Gasteiger partial charge in [0.25, 0.3) is 0 Å². The minimum absolute atomic E-state index is 0.137. The third-order valence-electron chi connectivity index (χ3n) is 6.94. The average molecular weight is 460 g/mol. The molecule has 174 valence electrons. The second kappa shape index (κ2) is 8.39. The SMILES string of the molecule is Cc1nc(C)c2nc(-c3cncnc3)n(Cc3ccc(OC4CN5CCC4CC5)cc3F)c2n1. The Morgan fingerprint density at radius 1 is 1.06 bits per heavy atom. The number of fused-ring (bicyclic) bond motifs is 4. The maximum atomic E-state index is 15.3. The number of aromatic nitrogens is 6. The van der Waals surface area contributed by atoms with Gasteiger partial charge in [-0.2, -0.15) is 0 Å². The molecule has 0 N–H and O–H groups in total. The summed E-state index contributed by atoms with van der Waals surface area (Å²) in [4.78, 5) is 24.5. The molecule has 0 saturated carbocycles. The van der Waals surface area contributed by atoms with Gasteiger partial charge >= 0.3 is 0 Å². The van der Waals surface area contributed by atoms with Crippen molar-refractivity contribution in [2.45, 2.75) is 39.3 Å². The summed E-state index contributed by atoms with van der Waals surface area (Å²) in [6.45, 7) is 7.23. The summed E-state index contributed by atoms with van der Waals surface area (Å²) in [5.74, 6) is 2.11. The molecule has 6 heterocycles. The van der Waals surface area contributed by atoms with Crippen LogP contribution in [0.15, 0.2) is 36.9 Å². The number of nitrogens with zero attached hydrogens (tertiary/aromatic N) is 7. The zero-order chi connectivity index (χ0) is 23.2. The van der Waals surface area contributed by atoms with E-state index < -0.39 is 0 Å². The van der Waals surface area contributed by atoms with Crippen molar-refractivity contribution < 1.29 is 9.13 Å². The van der Waals surface area contributed by atoms with E-state index in [4.69, 9.17) is 9.72 Å². The van der Waals surface area contributed by atoms with Crippen LogP contribution < -0.4 is 4.74 Å². The molecule has 2 bridgehead atoms. The van der Waals surface area contributed by atoms with Crippen LogP contribution in [0.4, 0.5) is 4.39 Å². The standard InChI is InChI=1S/C25H26FN7O/c1-15-23-25(30-16(2)29-15)33(24(31-23)19-10-27-14-28-11-19)12-18-3-4-20(9-21(18)26)34-22-13-32-7-5-17(22)6-8-32/h3-4,9-11,14,17,22H,5-8,12-13H2,1-2H3. The Morgan fingerprint density at radius 3 is 2.56 bits per heavy atom. The number of piperidine rings is 3. The highest BCUT2D eigenvalue weighted by Crippen LogP contribution is 2.32. The molecule has 34 heavy (non-hydrogen) atoms. The van der Waals surface area contributed by atoms with Crippen molar-refractivity contribution in [1.29, 1.82) is 0 Å². The molecule has 1 aromatic carbocycles. The molecule has 3 aromatic heterocycles. The summed E-state index contributed by atoms with van der Waals surface area (Å²) in [6, 6.07) is 5.17. The highest BCUT2D eigenvalue weighted by atomic mass is 19.1. The molecule has 0 aliphatic carbocycles. The Bertz CT molecular complexity index is 1350. The maximum Gasteiger partial charge on any atom is 0.164 e. The normalized spacial score (nSPS) is 21.8. The Labute approximate surface area is 196 Å². The van der Waals surface area contributed by atoms with E-state index in [-0.39, 0.29) is 18.5 Å².